The van der Waals surface area contributed by atoms with E-state index in [2.05, 4.69) is 0 Å². The number of imide groups is 1. The first kappa shape index (κ1) is 15.4. The van der Waals surface area contributed by atoms with Gasteiger partial charge in [0.2, 0.25) is 0 Å². The molecule has 0 unspecified atom stereocenters. The third-order valence-electron chi connectivity index (χ3n) is 3.62. The van der Waals surface area contributed by atoms with Gasteiger partial charge >= 0.3 is 0 Å². The molecule has 5 heteroatoms. The molecule has 2 aromatic carbocycles. The standard InChI is InChI=1S/C18H13ClFNO2/c1-10-7-11(2)9-14(8-10)21-17(22)15(16(19)18(21)23)12-3-5-13(20)6-4-12/h3-9H,1-2H3. The van der Waals surface area contributed by atoms with Crippen molar-refractivity contribution in [2.45, 2.75) is 13.8 Å². The lowest BCUT2D eigenvalue weighted by molar-refractivity contribution is -0.119. The van der Waals surface area contributed by atoms with Crippen LogP contribution in [0, 0.1) is 19.7 Å². The Labute approximate surface area is 138 Å². The van der Waals surface area contributed by atoms with Gasteiger partial charge in [-0.05, 0) is 54.8 Å². The third-order valence-corrected chi connectivity index (χ3v) is 3.98. The molecule has 0 radical (unpaired) electrons. The van der Waals surface area contributed by atoms with Crippen LogP contribution in [0.25, 0.3) is 5.57 Å². The zero-order valence-electron chi connectivity index (χ0n) is 12.6. The molecule has 1 heterocycles. The van der Waals surface area contributed by atoms with Crippen molar-refractivity contribution in [1.29, 1.82) is 0 Å². The van der Waals surface area contributed by atoms with Crippen LogP contribution >= 0.6 is 11.6 Å². The molecule has 0 aromatic heterocycles. The van der Waals surface area contributed by atoms with E-state index in [1.54, 1.807) is 12.1 Å². The first-order chi connectivity index (χ1) is 10.9. The van der Waals surface area contributed by atoms with Crippen LogP contribution in [0.15, 0.2) is 47.5 Å². The molecule has 0 aliphatic carbocycles. The van der Waals surface area contributed by atoms with Crippen LogP contribution in [0.4, 0.5) is 10.1 Å². The molecule has 23 heavy (non-hydrogen) atoms. The molecule has 0 bridgehead atoms. The van der Waals surface area contributed by atoms with Gasteiger partial charge in [0.25, 0.3) is 11.8 Å². The lowest BCUT2D eigenvalue weighted by Gasteiger charge is -2.16. The van der Waals surface area contributed by atoms with E-state index >= 15 is 0 Å². The average Bonchev–Trinajstić information content (AvgIpc) is 2.69. The molecule has 2 amide bonds. The van der Waals surface area contributed by atoms with E-state index < -0.39 is 17.6 Å². The second kappa shape index (κ2) is 5.63. The predicted octanol–water partition coefficient (Wildman–Crippen LogP) is 3.97. The van der Waals surface area contributed by atoms with Crippen LogP contribution in [0.2, 0.25) is 0 Å². The number of carbonyl (C=O) groups excluding carboxylic acids is 2. The number of nitrogens with zero attached hydrogens (tertiary/aromatic N) is 1. The van der Waals surface area contributed by atoms with Gasteiger partial charge in [0.1, 0.15) is 10.8 Å². The van der Waals surface area contributed by atoms with Gasteiger partial charge in [-0.25, -0.2) is 9.29 Å². The van der Waals surface area contributed by atoms with Crippen LogP contribution in [0.1, 0.15) is 16.7 Å². The highest BCUT2D eigenvalue weighted by Crippen LogP contribution is 2.35. The van der Waals surface area contributed by atoms with Crippen molar-refractivity contribution in [1.82, 2.24) is 0 Å². The van der Waals surface area contributed by atoms with Crippen molar-refractivity contribution in [3.63, 3.8) is 0 Å². The lowest BCUT2D eigenvalue weighted by atomic mass is 10.1. The van der Waals surface area contributed by atoms with E-state index in [-0.39, 0.29) is 10.6 Å². The Bertz CT molecular complexity index is 836. The SMILES string of the molecule is Cc1cc(C)cc(N2C(=O)C(Cl)=C(c3ccc(F)cc3)C2=O)c1. The van der Waals surface area contributed by atoms with Crippen LogP contribution in [-0.4, -0.2) is 11.8 Å². The van der Waals surface area contributed by atoms with Gasteiger partial charge in [-0.3, -0.25) is 9.59 Å². The van der Waals surface area contributed by atoms with Gasteiger partial charge in [0, 0.05) is 0 Å². The summed E-state index contributed by atoms with van der Waals surface area (Å²) < 4.78 is 13.1. The number of benzene rings is 2. The molecular formula is C18H13ClFNO2. The minimum Gasteiger partial charge on any atom is -0.268 e. The minimum atomic E-state index is -0.569. The molecule has 0 fully saturated rings. The molecular weight excluding hydrogens is 317 g/mol. The summed E-state index contributed by atoms with van der Waals surface area (Å²) in [6, 6.07) is 10.8. The number of rotatable bonds is 2. The van der Waals surface area contributed by atoms with E-state index in [4.69, 9.17) is 11.6 Å². The summed E-state index contributed by atoms with van der Waals surface area (Å²) in [4.78, 5) is 26.2. The highest BCUT2D eigenvalue weighted by molar-refractivity contribution is 6.60. The Hall–Kier alpha value is -2.46. The van der Waals surface area contributed by atoms with Crippen molar-refractivity contribution >= 4 is 34.7 Å². The molecule has 0 atom stereocenters. The topological polar surface area (TPSA) is 37.4 Å². The predicted molar refractivity (Wildman–Crippen MR) is 87.6 cm³/mol. The third kappa shape index (κ3) is 2.66. The number of amides is 2. The Morgan fingerprint density at radius 2 is 1.48 bits per heavy atom. The number of halogens is 2. The highest BCUT2D eigenvalue weighted by atomic mass is 35.5. The Balaban J connectivity index is 2.07. The van der Waals surface area contributed by atoms with Crippen LogP contribution in [-0.2, 0) is 9.59 Å². The van der Waals surface area contributed by atoms with Crippen LogP contribution in [0.3, 0.4) is 0 Å². The normalized spacial score (nSPS) is 14.9. The summed E-state index contributed by atoms with van der Waals surface area (Å²) in [7, 11) is 0. The molecule has 2 aromatic rings. The fourth-order valence-electron chi connectivity index (χ4n) is 2.68. The second-order valence-corrected chi connectivity index (χ2v) is 5.87. The lowest BCUT2D eigenvalue weighted by Crippen LogP contribution is -2.31. The minimum absolute atomic E-state index is 0.0934. The van der Waals surface area contributed by atoms with Gasteiger partial charge in [0.15, 0.2) is 0 Å². The van der Waals surface area contributed by atoms with E-state index in [1.807, 2.05) is 19.9 Å². The Morgan fingerprint density at radius 3 is 2.04 bits per heavy atom. The number of hydrogen-bond donors (Lipinski definition) is 0. The number of carbonyl (C=O) groups is 2. The summed E-state index contributed by atoms with van der Waals surface area (Å²) in [6.07, 6.45) is 0. The Kier molecular flexibility index (Phi) is 3.78. The van der Waals surface area contributed by atoms with Crippen LogP contribution < -0.4 is 4.90 Å². The Morgan fingerprint density at radius 1 is 0.913 bits per heavy atom. The molecule has 0 saturated carbocycles. The average molecular weight is 330 g/mol. The molecule has 1 aliphatic heterocycles. The zero-order chi connectivity index (χ0) is 16.7. The first-order valence-corrected chi connectivity index (χ1v) is 7.39. The van der Waals surface area contributed by atoms with Crippen molar-refractivity contribution in [3.05, 3.63) is 70.0 Å². The fraction of sp³-hybridized carbons (Fsp3) is 0.111. The van der Waals surface area contributed by atoms with Gasteiger partial charge in [0.05, 0.1) is 11.3 Å². The molecule has 0 spiro atoms. The first-order valence-electron chi connectivity index (χ1n) is 7.01. The molecule has 116 valence electrons. The quantitative estimate of drug-likeness (QED) is 0.782. The summed E-state index contributed by atoms with van der Waals surface area (Å²) in [5.41, 5.74) is 2.86. The maximum Gasteiger partial charge on any atom is 0.277 e. The molecule has 0 N–H and O–H groups in total. The number of anilines is 1. The summed E-state index contributed by atoms with van der Waals surface area (Å²) in [6.45, 7) is 3.77. The summed E-state index contributed by atoms with van der Waals surface area (Å²) in [5.74, 6) is -1.49. The molecule has 1 aliphatic rings. The highest BCUT2D eigenvalue weighted by Gasteiger charge is 2.39. The van der Waals surface area contributed by atoms with Crippen molar-refractivity contribution in [3.8, 4) is 0 Å². The zero-order valence-corrected chi connectivity index (χ0v) is 13.3. The summed E-state index contributed by atoms with van der Waals surface area (Å²) in [5, 5.41) is -0.152. The molecule has 3 nitrogen and oxygen atoms in total. The van der Waals surface area contributed by atoms with Crippen molar-refractivity contribution < 1.29 is 14.0 Å². The monoisotopic (exact) mass is 329 g/mol. The van der Waals surface area contributed by atoms with Crippen molar-refractivity contribution in [2.75, 3.05) is 4.90 Å². The van der Waals surface area contributed by atoms with Crippen LogP contribution in [0.5, 0.6) is 0 Å². The van der Waals surface area contributed by atoms with E-state index in [0.717, 1.165) is 16.0 Å². The van der Waals surface area contributed by atoms with Gasteiger partial charge in [-0.15, -0.1) is 0 Å². The summed E-state index contributed by atoms with van der Waals surface area (Å²) >= 11 is 6.10. The van der Waals surface area contributed by atoms with Gasteiger partial charge in [-0.2, -0.15) is 0 Å². The number of hydrogen-bond acceptors (Lipinski definition) is 2. The van der Waals surface area contributed by atoms with Gasteiger partial charge < -0.3 is 0 Å². The maximum atomic E-state index is 13.1. The maximum absolute atomic E-state index is 13.1. The van der Waals surface area contributed by atoms with Gasteiger partial charge in [-0.1, -0.05) is 29.8 Å². The smallest absolute Gasteiger partial charge is 0.268 e. The molecule has 3 rings (SSSR count). The second-order valence-electron chi connectivity index (χ2n) is 5.49. The van der Waals surface area contributed by atoms with E-state index in [9.17, 15) is 14.0 Å². The number of aryl methyl sites for hydroxylation is 2. The molecule has 0 saturated heterocycles. The fourth-order valence-corrected chi connectivity index (χ4v) is 2.96. The van der Waals surface area contributed by atoms with E-state index in [0.29, 0.717) is 11.3 Å². The van der Waals surface area contributed by atoms with E-state index in [1.165, 1.54) is 24.3 Å². The van der Waals surface area contributed by atoms with Crippen molar-refractivity contribution in [2.24, 2.45) is 0 Å². The largest absolute Gasteiger partial charge is 0.277 e.